The van der Waals surface area contributed by atoms with E-state index >= 15 is 0 Å². The van der Waals surface area contributed by atoms with Crippen LogP contribution in [0.25, 0.3) is 22.8 Å². The largest absolute Gasteiger partial charge is 0.338 e. The Hall–Kier alpha value is -3.88. The highest BCUT2D eigenvalue weighted by Gasteiger charge is 2.22. The van der Waals surface area contributed by atoms with Crippen molar-refractivity contribution in [2.75, 3.05) is 0 Å². The number of nitrogens with zero attached hydrogens (tertiary/aromatic N) is 5. The van der Waals surface area contributed by atoms with Gasteiger partial charge in [-0.05, 0) is 19.1 Å². The summed E-state index contributed by atoms with van der Waals surface area (Å²) >= 11 is 0. The van der Waals surface area contributed by atoms with Gasteiger partial charge in [-0.25, -0.2) is 14.1 Å². The molecule has 0 saturated heterocycles. The Bertz CT molecular complexity index is 1150. The SMILES string of the molecule is CC(NC(=O)c1nc(-c2ccccc2)nn1C)c1nc(-c2cccc(F)c2)no1. The smallest absolute Gasteiger partial charge is 0.289 e. The molecule has 0 aliphatic heterocycles. The van der Waals surface area contributed by atoms with Crippen LogP contribution < -0.4 is 5.32 Å². The van der Waals surface area contributed by atoms with Gasteiger partial charge in [-0.3, -0.25) is 4.79 Å². The van der Waals surface area contributed by atoms with Crippen LogP contribution in [0.2, 0.25) is 0 Å². The highest BCUT2D eigenvalue weighted by molar-refractivity contribution is 5.91. The predicted octanol–water partition coefficient (Wildman–Crippen LogP) is 3.16. The Balaban J connectivity index is 1.50. The van der Waals surface area contributed by atoms with Crippen LogP contribution in [0.15, 0.2) is 59.1 Å². The molecule has 2 aromatic carbocycles. The highest BCUT2D eigenvalue weighted by atomic mass is 19.1. The Kier molecular flexibility index (Phi) is 4.86. The third-order valence-corrected chi connectivity index (χ3v) is 4.24. The maximum Gasteiger partial charge on any atom is 0.289 e. The minimum atomic E-state index is -0.575. The Morgan fingerprint density at radius 2 is 1.83 bits per heavy atom. The van der Waals surface area contributed by atoms with Crippen molar-refractivity contribution in [1.29, 1.82) is 0 Å². The van der Waals surface area contributed by atoms with Crippen LogP contribution in [0.1, 0.15) is 29.5 Å². The monoisotopic (exact) mass is 392 g/mol. The van der Waals surface area contributed by atoms with Crippen LogP contribution in [0.4, 0.5) is 4.39 Å². The first-order valence-electron chi connectivity index (χ1n) is 8.88. The number of rotatable bonds is 5. The van der Waals surface area contributed by atoms with E-state index < -0.39 is 17.8 Å². The fourth-order valence-electron chi connectivity index (χ4n) is 2.77. The van der Waals surface area contributed by atoms with Gasteiger partial charge in [0.05, 0.1) is 0 Å². The van der Waals surface area contributed by atoms with Gasteiger partial charge in [0.1, 0.15) is 11.9 Å². The van der Waals surface area contributed by atoms with Crippen LogP contribution in [-0.4, -0.2) is 30.8 Å². The number of carbonyl (C=O) groups excluding carboxylic acids is 1. The van der Waals surface area contributed by atoms with E-state index in [-0.39, 0.29) is 17.5 Å². The number of hydrogen-bond donors (Lipinski definition) is 1. The molecule has 146 valence electrons. The van der Waals surface area contributed by atoms with E-state index in [0.29, 0.717) is 11.4 Å². The van der Waals surface area contributed by atoms with Gasteiger partial charge >= 0.3 is 0 Å². The summed E-state index contributed by atoms with van der Waals surface area (Å²) < 4.78 is 20.0. The van der Waals surface area contributed by atoms with Crippen molar-refractivity contribution in [3.05, 3.63) is 72.1 Å². The molecule has 2 heterocycles. The zero-order chi connectivity index (χ0) is 20.4. The fraction of sp³-hybridized carbons (Fsp3) is 0.150. The molecule has 1 N–H and O–H groups in total. The number of aromatic nitrogens is 5. The van der Waals surface area contributed by atoms with Crippen LogP contribution in [0, 0.1) is 5.82 Å². The average Bonchev–Trinajstić information content (AvgIpc) is 3.36. The second-order valence-corrected chi connectivity index (χ2v) is 6.41. The molecule has 4 aromatic rings. The van der Waals surface area contributed by atoms with Crippen molar-refractivity contribution in [2.24, 2.45) is 7.05 Å². The van der Waals surface area contributed by atoms with Crippen molar-refractivity contribution in [3.8, 4) is 22.8 Å². The van der Waals surface area contributed by atoms with Gasteiger partial charge in [0, 0.05) is 18.2 Å². The van der Waals surface area contributed by atoms with E-state index in [1.54, 1.807) is 26.1 Å². The van der Waals surface area contributed by atoms with E-state index in [0.717, 1.165) is 5.56 Å². The number of aryl methyl sites for hydroxylation is 1. The minimum absolute atomic E-state index is 0.153. The quantitative estimate of drug-likeness (QED) is 0.560. The highest BCUT2D eigenvalue weighted by Crippen LogP contribution is 2.20. The molecule has 0 bridgehead atoms. The van der Waals surface area contributed by atoms with Crippen molar-refractivity contribution in [1.82, 2.24) is 30.2 Å². The van der Waals surface area contributed by atoms with Gasteiger partial charge in [0.2, 0.25) is 17.5 Å². The number of benzene rings is 2. The average molecular weight is 392 g/mol. The molecule has 29 heavy (non-hydrogen) atoms. The molecule has 1 unspecified atom stereocenters. The molecule has 9 heteroatoms. The van der Waals surface area contributed by atoms with Crippen molar-refractivity contribution < 1.29 is 13.7 Å². The van der Waals surface area contributed by atoms with E-state index in [2.05, 4.69) is 25.5 Å². The van der Waals surface area contributed by atoms with Crippen LogP contribution in [0.3, 0.4) is 0 Å². The summed E-state index contributed by atoms with van der Waals surface area (Å²) in [5.74, 6) is 0.221. The van der Waals surface area contributed by atoms with Crippen LogP contribution in [-0.2, 0) is 7.05 Å². The number of carbonyl (C=O) groups is 1. The molecule has 0 aliphatic carbocycles. The first kappa shape index (κ1) is 18.5. The van der Waals surface area contributed by atoms with E-state index in [1.165, 1.54) is 16.8 Å². The topological polar surface area (TPSA) is 98.7 Å². The van der Waals surface area contributed by atoms with Gasteiger partial charge in [-0.2, -0.15) is 10.1 Å². The Morgan fingerprint density at radius 1 is 1.07 bits per heavy atom. The summed E-state index contributed by atoms with van der Waals surface area (Å²) in [6, 6.07) is 14.7. The lowest BCUT2D eigenvalue weighted by Crippen LogP contribution is -2.29. The molecular weight excluding hydrogens is 375 g/mol. The maximum atomic E-state index is 13.4. The number of halogens is 1. The van der Waals surface area contributed by atoms with Crippen molar-refractivity contribution >= 4 is 5.91 Å². The molecule has 0 aliphatic rings. The standard InChI is InChI=1S/C20H17FN6O2/c1-12(20-24-17(26-29-20)14-9-6-10-15(21)11-14)22-19(28)18-23-16(25-27(18)2)13-7-4-3-5-8-13/h3-12H,1-2H3,(H,22,28). The van der Waals surface area contributed by atoms with Crippen molar-refractivity contribution in [2.45, 2.75) is 13.0 Å². The molecule has 0 fully saturated rings. The summed E-state index contributed by atoms with van der Waals surface area (Å²) in [6.45, 7) is 1.70. The summed E-state index contributed by atoms with van der Waals surface area (Å²) in [5.41, 5.74) is 1.30. The van der Waals surface area contributed by atoms with Gasteiger partial charge in [-0.15, -0.1) is 0 Å². The maximum absolute atomic E-state index is 13.4. The third-order valence-electron chi connectivity index (χ3n) is 4.24. The first-order valence-corrected chi connectivity index (χ1v) is 8.88. The fourth-order valence-corrected chi connectivity index (χ4v) is 2.77. The zero-order valence-electron chi connectivity index (χ0n) is 15.7. The van der Waals surface area contributed by atoms with E-state index in [9.17, 15) is 9.18 Å². The van der Waals surface area contributed by atoms with E-state index in [4.69, 9.17) is 4.52 Å². The van der Waals surface area contributed by atoms with Gasteiger partial charge in [-0.1, -0.05) is 47.6 Å². The molecule has 1 amide bonds. The Morgan fingerprint density at radius 3 is 2.59 bits per heavy atom. The minimum Gasteiger partial charge on any atom is -0.338 e. The molecular formula is C20H17FN6O2. The number of hydrogen-bond acceptors (Lipinski definition) is 6. The second-order valence-electron chi connectivity index (χ2n) is 6.41. The van der Waals surface area contributed by atoms with Gasteiger partial charge < -0.3 is 9.84 Å². The molecule has 0 radical (unpaired) electrons. The Labute approximate surface area is 165 Å². The first-order chi connectivity index (χ1) is 14.0. The molecule has 4 rings (SSSR count). The number of amides is 1. The second kappa shape index (κ2) is 7.63. The predicted molar refractivity (Wildman–Crippen MR) is 102 cm³/mol. The lowest BCUT2D eigenvalue weighted by Gasteiger charge is -2.08. The normalized spacial score (nSPS) is 12.0. The van der Waals surface area contributed by atoms with Crippen LogP contribution in [0.5, 0.6) is 0 Å². The molecule has 0 saturated carbocycles. The zero-order valence-corrected chi connectivity index (χ0v) is 15.7. The van der Waals surface area contributed by atoms with Gasteiger partial charge in [0.25, 0.3) is 5.91 Å². The lowest BCUT2D eigenvalue weighted by molar-refractivity contribution is 0.0917. The third kappa shape index (κ3) is 3.88. The molecule has 2 aromatic heterocycles. The summed E-state index contributed by atoms with van der Waals surface area (Å²) in [6.07, 6.45) is 0. The lowest BCUT2D eigenvalue weighted by atomic mass is 10.2. The molecule has 8 nitrogen and oxygen atoms in total. The summed E-state index contributed by atoms with van der Waals surface area (Å²) in [4.78, 5) is 21.2. The van der Waals surface area contributed by atoms with Gasteiger partial charge in [0.15, 0.2) is 5.82 Å². The number of nitrogens with one attached hydrogen (secondary N) is 1. The van der Waals surface area contributed by atoms with E-state index in [1.807, 2.05) is 30.3 Å². The summed E-state index contributed by atoms with van der Waals surface area (Å²) in [5, 5.41) is 10.9. The van der Waals surface area contributed by atoms with Crippen molar-refractivity contribution in [3.63, 3.8) is 0 Å². The molecule has 1 atom stereocenters. The molecule has 0 spiro atoms. The van der Waals surface area contributed by atoms with Crippen LogP contribution >= 0.6 is 0 Å². The summed E-state index contributed by atoms with van der Waals surface area (Å²) in [7, 11) is 1.65.